The van der Waals surface area contributed by atoms with Crippen LogP contribution in [0.1, 0.15) is 26.2 Å². The highest BCUT2D eigenvalue weighted by Crippen LogP contribution is 2.41. The number of hydrogen-bond donors (Lipinski definition) is 1. The molecule has 0 saturated carbocycles. The van der Waals surface area contributed by atoms with Crippen LogP contribution in [0.2, 0.25) is 0 Å². The second-order valence-electron chi connectivity index (χ2n) is 6.91. The Morgan fingerprint density at radius 3 is 2.72 bits per heavy atom. The molecule has 1 spiro atoms. The third-order valence-electron chi connectivity index (χ3n) is 5.06. The van der Waals surface area contributed by atoms with Gasteiger partial charge in [-0.3, -0.25) is 9.59 Å². The largest absolute Gasteiger partial charge is 0.345 e. The van der Waals surface area contributed by atoms with E-state index in [1.165, 1.54) is 23.4 Å². The Balaban J connectivity index is 1.84. The molecule has 2 fully saturated rings. The molecule has 3 rings (SSSR count). The van der Waals surface area contributed by atoms with Gasteiger partial charge in [0.2, 0.25) is 21.8 Å². The average Bonchev–Trinajstić information content (AvgIpc) is 2.98. The minimum absolute atomic E-state index is 0.0449. The van der Waals surface area contributed by atoms with Crippen LogP contribution < -0.4 is 5.32 Å². The van der Waals surface area contributed by atoms with Crippen molar-refractivity contribution in [3.63, 3.8) is 0 Å². The average molecular weight is 365 g/mol. The summed E-state index contributed by atoms with van der Waals surface area (Å²) in [7, 11) is -1.93. The molecule has 0 radical (unpaired) electrons. The van der Waals surface area contributed by atoms with Gasteiger partial charge in [0.05, 0.1) is 10.3 Å². The zero-order valence-corrected chi connectivity index (χ0v) is 15.3. The van der Waals surface area contributed by atoms with Crippen molar-refractivity contribution in [2.24, 2.45) is 5.41 Å². The lowest BCUT2D eigenvalue weighted by Crippen LogP contribution is -2.48. The van der Waals surface area contributed by atoms with E-state index in [1.54, 1.807) is 24.1 Å². The fraction of sp³-hybridized carbons (Fsp3) is 0.529. The van der Waals surface area contributed by atoms with E-state index in [9.17, 15) is 18.0 Å². The Morgan fingerprint density at radius 1 is 1.24 bits per heavy atom. The van der Waals surface area contributed by atoms with Crippen LogP contribution in [-0.4, -0.2) is 56.1 Å². The van der Waals surface area contributed by atoms with Crippen molar-refractivity contribution in [1.82, 2.24) is 9.21 Å². The Bertz CT molecular complexity index is 808. The molecule has 0 unspecified atom stereocenters. The molecule has 2 aliphatic rings. The molecule has 1 atom stereocenters. The summed E-state index contributed by atoms with van der Waals surface area (Å²) in [4.78, 5) is 25.6. The summed E-state index contributed by atoms with van der Waals surface area (Å²) >= 11 is 0. The number of carbonyl (C=O) groups is 2. The predicted octanol–water partition coefficient (Wildman–Crippen LogP) is 1.28. The lowest BCUT2D eigenvalue weighted by atomic mass is 9.78. The van der Waals surface area contributed by atoms with Crippen molar-refractivity contribution >= 4 is 27.5 Å². The van der Waals surface area contributed by atoms with Crippen LogP contribution in [0.5, 0.6) is 0 Å². The van der Waals surface area contributed by atoms with E-state index in [0.717, 1.165) is 19.4 Å². The molecule has 2 heterocycles. The molecule has 25 heavy (non-hydrogen) atoms. The lowest BCUT2D eigenvalue weighted by molar-refractivity contribution is -0.143. The topological polar surface area (TPSA) is 86.8 Å². The molecule has 1 aromatic rings. The molecule has 0 aliphatic carbocycles. The van der Waals surface area contributed by atoms with E-state index in [-0.39, 0.29) is 23.3 Å². The van der Waals surface area contributed by atoms with E-state index in [4.69, 9.17) is 0 Å². The first kappa shape index (κ1) is 17.9. The monoisotopic (exact) mass is 365 g/mol. The van der Waals surface area contributed by atoms with Crippen LogP contribution in [0.25, 0.3) is 0 Å². The number of rotatable bonds is 3. The van der Waals surface area contributed by atoms with Crippen molar-refractivity contribution < 1.29 is 18.0 Å². The number of nitrogens with zero attached hydrogens (tertiary/aromatic N) is 2. The predicted molar refractivity (Wildman–Crippen MR) is 93.4 cm³/mol. The van der Waals surface area contributed by atoms with E-state index < -0.39 is 15.4 Å². The van der Waals surface area contributed by atoms with Crippen LogP contribution in [0.4, 0.5) is 5.69 Å². The van der Waals surface area contributed by atoms with Crippen LogP contribution >= 0.6 is 0 Å². The first-order valence-electron chi connectivity index (χ1n) is 8.38. The molecule has 0 bridgehead atoms. The summed E-state index contributed by atoms with van der Waals surface area (Å²) in [6.45, 7) is 2.66. The number of benzene rings is 1. The molecule has 7 nitrogen and oxygen atoms in total. The summed E-state index contributed by atoms with van der Waals surface area (Å²) < 4.78 is 27.3. The van der Waals surface area contributed by atoms with Gasteiger partial charge < -0.3 is 10.2 Å². The first-order valence-corrected chi connectivity index (χ1v) is 9.82. The van der Waals surface area contributed by atoms with Crippen molar-refractivity contribution in [1.29, 1.82) is 0 Å². The highest BCUT2D eigenvalue weighted by Gasteiger charge is 2.50. The second kappa shape index (κ2) is 6.42. The van der Waals surface area contributed by atoms with E-state index in [1.807, 2.05) is 0 Å². The Kier molecular flexibility index (Phi) is 4.59. The molecule has 2 saturated heterocycles. The molecular formula is C17H23N3O4S. The smallest absolute Gasteiger partial charge is 0.243 e. The normalized spacial score (nSPS) is 24.7. The quantitative estimate of drug-likeness (QED) is 0.874. The molecule has 0 aromatic heterocycles. The van der Waals surface area contributed by atoms with Gasteiger partial charge in [-0.1, -0.05) is 6.07 Å². The van der Waals surface area contributed by atoms with Crippen molar-refractivity contribution in [3.8, 4) is 0 Å². The van der Waals surface area contributed by atoms with Gasteiger partial charge in [0.1, 0.15) is 0 Å². The molecule has 1 N–H and O–H groups in total. The number of nitrogens with one attached hydrogen (secondary N) is 1. The minimum atomic E-state index is -3.70. The number of amides is 2. The fourth-order valence-corrected chi connectivity index (χ4v) is 5.35. The van der Waals surface area contributed by atoms with Crippen LogP contribution in [-0.2, 0) is 19.6 Å². The van der Waals surface area contributed by atoms with Crippen LogP contribution in [0.15, 0.2) is 29.2 Å². The Morgan fingerprint density at radius 2 is 2.00 bits per heavy atom. The van der Waals surface area contributed by atoms with E-state index in [2.05, 4.69) is 5.32 Å². The van der Waals surface area contributed by atoms with Crippen molar-refractivity contribution in [2.45, 2.75) is 31.1 Å². The van der Waals surface area contributed by atoms with Gasteiger partial charge in [-0.25, -0.2) is 8.42 Å². The van der Waals surface area contributed by atoms with E-state index in [0.29, 0.717) is 18.7 Å². The zero-order valence-electron chi connectivity index (χ0n) is 14.5. The third-order valence-corrected chi connectivity index (χ3v) is 6.90. The van der Waals surface area contributed by atoms with Gasteiger partial charge in [0.15, 0.2) is 0 Å². The van der Waals surface area contributed by atoms with Crippen LogP contribution in [0, 0.1) is 5.41 Å². The molecule has 2 aliphatic heterocycles. The first-order chi connectivity index (χ1) is 11.7. The number of carbonyl (C=O) groups excluding carboxylic acids is 2. The Labute approximate surface area is 148 Å². The number of piperidine rings is 1. The maximum atomic E-state index is 13.0. The number of sulfonamides is 1. The van der Waals surface area contributed by atoms with Crippen molar-refractivity contribution in [2.75, 3.05) is 32.0 Å². The molecule has 136 valence electrons. The van der Waals surface area contributed by atoms with Crippen LogP contribution in [0.3, 0.4) is 0 Å². The van der Waals surface area contributed by atoms with Gasteiger partial charge in [0, 0.05) is 39.3 Å². The molecule has 1 aromatic carbocycles. The third kappa shape index (κ3) is 3.28. The summed E-state index contributed by atoms with van der Waals surface area (Å²) in [5, 5.41) is 2.59. The van der Waals surface area contributed by atoms with Gasteiger partial charge in [-0.2, -0.15) is 4.31 Å². The zero-order chi connectivity index (χ0) is 18.2. The van der Waals surface area contributed by atoms with Gasteiger partial charge >= 0.3 is 0 Å². The lowest BCUT2D eigenvalue weighted by Gasteiger charge is -2.37. The van der Waals surface area contributed by atoms with Gasteiger partial charge in [-0.05, 0) is 37.5 Å². The highest BCUT2D eigenvalue weighted by molar-refractivity contribution is 7.89. The highest BCUT2D eigenvalue weighted by atomic mass is 32.2. The van der Waals surface area contributed by atoms with E-state index >= 15 is 0 Å². The molecule has 2 amide bonds. The minimum Gasteiger partial charge on any atom is -0.345 e. The second-order valence-corrected chi connectivity index (χ2v) is 8.85. The summed E-state index contributed by atoms with van der Waals surface area (Å²) in [5.74, 6) is -0.214. The SMILES string of the molecule is CC(=O)Nc1cccc(S(=O)(=O)N2CC[C@]3(CCCN(C)C3=O)C2)c1. The summed E-state index contributed by atoms with van der Waals surface area (Å²) in [6, 6.07) is 6.21. The number of likely N-dealkylation sites (tertiary alicyclic amines) is 1. The standard InChI is InChI=1S/C17H23N3O4S/c1-13(21)18-14-5-3-6-15(11-14)25(23,24)20-10-8-17(12-20)7-4-9-19(2)16(17)22/h3,5-6,11H,4,7-10,12H2,1-2H3,(H,18,21)/t17-/m1/s1. The fourth-order valence-electron chi connectivity index (χ4n) is 3.77. The van der Waals surface area contributed by atoms with Crippen molar-refractivity contribution in [3.05, 3.63) is 24.3 Å². The number of hydrogen-bond acceptors (Lipinski definition) is 4. The summed E-state index contributed by atoms with van der Waals surface area (Å²) in [5.41, 5.74) is -0.147. The van der Waals surface area contributed by atoms with Gasteiger partial charge in [-0.15, -0.1) is 0 Å². The Hall–Kier alpha value is -1.93. The summed E-state index contributed by atoms with van der Waals surface area (Å²) in [6.07, 6.45) is 2.18. The number of anilines is 1. The molecule has 8 heteroatoms. The van der Waals surface area contributed by atoms with Gasteiger partial charge in [0.25, 0.3) is 0 Å². The maximum Gasteiger partial charge on any atom is 0.243 e. The maximum absolute atomic E-state index is 13.0. The molecular weight excluding hydrogens is 342 g/mol.